The Bertz CT molecular complexity index is 309. The summed E-state index contributed by atoms with van der Waals surface area (Å²) >= 11 is 5.28. The number of ether oxygens (including phenoxy) is 1. The van der Waals surface area contributed by atoms with Crippen LogP contribution in [-0.4, -0.2) is 20.3 Å². The molecule has 0 radical (unpaired) electrons. The average Bonchev–Trinajstić information content (AvgIpc) is 2.68. The molecule has 0 amide bonds. The lowest BCUT2D eigenvalue weighted by atomic mass is 9.88. The third kappa shape index (κ3) is 2.81. The molecule has 0 aromatic carbocycles. The van der Waals surface area contributed by atoms with Crippen LogP contribution in [0.3, 0.4) is 0 Å². The van der Waals surface area contributed by atoms with Crippen LogP contribution in [0.25, 0.3) is 0 Å². The Hall–Kier alpha value is 0.1000. The van der Waals surface area contributed by atoms with E-state index in [0.717, 1.165) is 13.2 Å². The van der Waals surface area contributed by atoms with Gasteiger partial charge in [-0.3, -0.25) is 0 Å². The van der Waals surface area contributed by atoms with E-state index in [-0.39, 0.29) is 0 Å². The first-order valence-electron chi connectivity index (χ1n) is 5.30. The van der Waals surface area contributed by atoms with Crippen molar-refractivity contribution in [3.63, 3.8) is 0 Å². The molecule has 2 rings (SSSR count). The topological polar surface area (TPSA) is 21.3 Å². The van der Waals surface area contributed by atoms with Crippen molar-refractivity contribution in [2.75, 3.05) is 20.3 Å². The van der Waals surface area contributed by atoms with E-state index >= 15 is 0 Å². The van der Waals surface area contributed by atoms with Gasteiger partial charge in [0.25, 0.3) is 0 Å². The Labute approximate surface area is 103 Å². The van der Waals surface area contributed by atoms with Crippen molar-refractivity contribution in [3.05, 3.63) is 20.8 Å². The van der Waals surface area contributed by atoms with Gasteiger partial charge in [0, 0.05) is 19.3 Å². The van der Waals surface area contributed by atoms with Crippen molar-refractivity contribution in [2.24, 2.45) is 5.92 Å². The highest BCUT2D eigenvalue weighted by atomic mass is 79.9. The fourth-order valence-corrected chi connectivity index (χ4v) is 3.42. The molecule has 1 fully saturated rings. The van der Waals surface area contributed by atoms with Crippen LogP contribution in [0.4, 0.5) is 0 Å². The minimum atomic E-state index is 0.483. The van der Waals surface area contributed by atoms with Gasteiger partial charge in [-0.1, -0.05) is 0 Å². The van der Waals surface area contributed by atoms with Gasteiger partial charge in [-0.2, -0.15) is 0 Å². The quantitative estimate of drug-likeness (QED) is 0.923. The SMILES string of the molecule is CNC(c1csc(Br)c1)C1CCOCC1. The first-order valence-corrected chi connectivity index (χ1v) is 6.97. The lowest BCUT2D eigenvalue weighted by Gasteiger charge is -2.29. The van der Waals surface area contributed by atoms with Crippen LogP contribution in [0.5, 0.6) is 0 Å². The van der Waals surface area contributed by atoms with E-state index in [9.17, 15) is 0 Å². The Morgan fingerprint density at radius 3 is 2.80 bits per heavy atom. The minimum Gasteiger partial charge on any atom is -0.381 e. The summed E-state index contributed by atoms with van der Waals surface area (Å²) in [5.74, 6) is 0.713. The monoisotopic (exact) mass is 289 g/mol. The van der Waals surface area contributed by atoms with Gasteiger partial charge in [-0.25, -0.2) is 0 Å². The minimum absolute atomic E-state index is 0.483. The van der Waals surface area contributed by atoms with Crippen LogP contribution in [-0.2, 0) is 4.74 Å². The van der Waals surface area contributed by atoms with Crippen molar-refractivity contribution in [2.45, 2.75) is 18.9 Å². The van der Waals surface area contributed by atoms with Crippen molar-refractivity contribution in [1.29, 1.82) is 0 Å². The summed E-state index contributed by atoms with van der Waals surface area (Å²) in [5, 5.41) is 5.67. The van der Waals surface area contributed by atoms with Crippen molar-refractivity contribution in [1.82, 2.24) is 5.32 Å². The standard InChI is InChI=1S/C11H16BrNOS/c1-13-11(8-2-4-14-5-3-8)9-6-10(12)15-7-9/h6-8,11,13H,2-5H2,1H3. The molecule has 1 atom stereocenters. The molecule has 0 spiro atoms. The molecule has 4 heteroatoms. The van der Waals surface area contributed by atoms with Gasteiger partial charge in [-0.05, 0) is 58.7 Å². The second-order valence-electron chi connectivity index (χ2n) is 3.90. The molecule has 1 aromatic heterocycles. The first-order chi connectivity index (χ1) is 7.31. The average molecular weight is 290 g/mol. The van der Waals surface area contributed by atoms with Gasteiger partial charge in [0.15, 0.2) is 0 Å². The molecule has 1 aliphatic rings. The maximum Gasteiger partial charge on any atom is 0.0701 e. The van der Waals surface area contributed by atoms with E-state index in [1.165, 1.54) is 22.2 Å². The van der Waals surface area contributed by atoms with Gasteiger partial charge in [-0.15, -0.1) is 11.3 Å². The largest absolute Gasteiger partial charge is 0.381 e. The summed E-state index contributed by atoms with van der Waals surface area (Å²) in [6, 6.07) is 2.71. The zero-order valence-corrected chi connectivity index (χ0v) is 11.2. The number of hydrogen-bond donors (Lipinski definition) is 1. The van der Waals surface area contributed by atoms with Gasteiger partial charge in [0.05, 0.1) is 3.79 Å². The van der Waals surface area contributed by atoms with Crippen LogP contribution in [0.15, 0.2) is 15.2 Å². The van der Waals surface area contributed by atoms with E-state index < -0.39 is 0 Å². The predicted molar refractivity (Wildman–Crippen MR) is 67.4 cm³/mol. The zero-order valence-electron chi connectivity index (χ0n) is 8.83. The number of hydrogen-bond acceptors (Lipinski definition) is 3. The molecule has 0 saturated carbocycles. The molecular weight excluding hydrogens is 274 g/mol. The number of thiophene rings is 1. The van der Waals surface area contributed by atoms with Crippen LogP contribution in [0.1, 0.15) is 24.4 Å². The summed E-state index contributed by atoms with van der Waals surface area (Å²) < 4.78 is 6.61. The van der Waals surface area contributed by atoms with Crippen molar-refractivity contribution in [3.8, 4) is 0 Å². The number of halogens is 1. The second-order valence-corrected chi connectivity index (χ2v) is 6.19. The lowest BCUT2D eigenvalue weighted by molar-refractivity contribution is 0.0546. The highest BCUT2D eigenvalue weighted by molar-refractivity contribution is 9.11. The third-order valence-corrected chi connectivity index (χ3v) is 4.52. The fraction of sp³-hybridized carbons (Fsp3) is 0.636. The van der Waals surface area contributed by atoms with E-state index in [1.807, 2.05) is 7.05 Å². The molecule has 15 heavy (non-hydrogen) atoms. The van der Waals surface area contributed by atoms with Gasteiger partial charge >= 0.3 is 0 Å². The predicted octanol–water partition coefficient (Wildman–Crippen LogP) is 3.20. The van der Waals surface area contributed by atoms with Crippen LogP contribution < -0.4 is 5.32 Å². The zero-order chi connectivity index (χ0) is 10.7. The molecule has 1 saturated heterocycles. The molecule has 0 aliphatic carbocycles. The Balaban J connectivity index is 2.08. The summed E-state index contributed by atoms with van der Waals surface area (Å²) in [5.41, 5.74) is 1.40. The Morgan fingerprint density at radius 1 is 1.53 bits per heavy atom. The first kappa shape index (κ1) is 11.6. The smallest absolute Gasteiger partial charge is 0.0701 e. The van der Waals surface area contributed by atoms with E-state index in [0.29, 0.717) is 12.0 Å². The molecular formula is C11H16BrNOS. The summed E-state index contributed by atoms with van der Waals surface area (Å²) in [4.78, 5) is 0. The van der Waals surface area contributed by atoms with Crippen molar-refractivity contribution < 1.29 is 4.74 Å². The lowest BCUT2D eigenvalue weighted by Crippen LogP contribution is -2.29. The summed E-state index contributed by atoms with van der Waals surface area (Å²) in [7, 11) is 2.05. The van der Waals surface area contributed by atoms with Crippen molar-refractivity contribution >= 4 is 27.3 Å². The number of rotatable bonds is 3. The molecule has 2 heterocycles. The highest BCUT2D eigenvalue weighted by Gasteiger charge is 2.24. The second kappa shape index (κ2) is 5.43. The van der Waals surface area contributed by atoms with E-state index in [2.05, 4.69) is 32.7 Å². The normalized spacial score (nSPS) is 20.4. The maximum atomic E-state index is 5.40. The Morgan fingerprint density at radius 2 is 2.27 bits per heavy atom. The molecule has 1 N–H and O–H groups in total. The molecule has 0 bridgehead atoms. The third-order valence-electron chi connectivity index (χ3n) is 3.00. The van der Waals surface area contributed by atoms with E-state index in [4.69, 9.17) is 4.74 Å². The molecule has 1 aliphatic heterocycles. The Kier molecular flexibility index (Phi) is 4.20. The highest BCUT2D eigenvalue weighted by Crippen LogP contribution is 2.33. The molecule has 1 unspecified atom stereocenters. The summed E-state index contributed by atoms with van der Waals surface area (Å²) in [6.45, 7) is 1.82. The summed E-state index contributed by atoms with van der Waals surface area (Å²) in [6.07, 6.45) is 2.33. The van der Waals surface area contributed by atoms with Gasteiger partial charge in [0.2, 0.25) is 0 Å². The van der Waals surface area contributed by atoms with Gasteiger partial charge < -0.3 is 10.1 Å². The van der Waals surface area contributed by atoms with Gasteiger partial charge in [0.1, 0.15) is 0 Å². The van der Waals surface area contributed by atoms with E-state index in [1.54, 1.807) is 11.3 Å². The fourth-order valence-electron chi connectivity index (χ4n) is 2.21. The maximum absolute atomic E-state index is 5.40. The van der Waals surface area contributed by atoms with Crippen LogP contribution in [0, 0.1) is 5.92 Å². The molecule has 1 aromatic rings. The van der Waals surface area contributed by atoms with Crippen LogP contribution >= 0.6 is 27.3 Å². The molecule has 2 nitrogen and oxygen atoms in total. The number of nitrogens with one attached hydrogen (secondary N) is 1. The van der Waals surface area contributed by atoms with Crippen LogP contribution in [0.2, 0.25) is 0 Å². The molecule has 84 valence electrons.